The smallest absolute Gasteiger partial charge is 0.337 e. The molecule has 5 heteroatoms. The highest BCUT2D eigenvalue weighted by Crippen LogP contribution is 2.30. The zero-order valence-electron chi connectivity index (χ0n) is 10.9. The number of aromatic carboxylic acids is 1. The fraction of sp³-hybridized carbons (Fsp3) is 0.500. The van der Waals surface area contributed by atoms with E-state index >= 15 is 0 Å². The molecule has 1 fully saturated rings. The Bertz CT molecular complexity index is 470. The molecule has 1 aromatic rings. The highest BCUT2D eigenvalue weighted by atomic mass is 35.5. The lowest BCUT2D eigenvalue weighted by molar-refractivity contribution is 0.0300. The molecule has 4 nitrogen and oxygen atoms in total. The summed E-state index contributed by atoms with van der Waals surface area (Å²) in [6.45, 7) is 4.67. The number of carboxylic acids is 1. The molecule has 2 N–H and O–H groups in total. The molecule has 0 saturated carbocycles. The van der Waals surface area contributed by atoms with Gasteiger partial charge in [0, 0.05) is 25.4 Å². The van der Waals surface area contributed by atoms with E-state index in [9.17, 15) is 4.79 Å². The van der Waals surface area contributed by atoms with Gasteiger partial charge in [0.25, 0.3) is 0 Å². The molecule has 0 spiro atoms. The van der Waals surface area contributed by atoms with Crippen molar-refractivity contribution >= 4 is 23.3 Å². The van der Waals surface area contributed by atoms with Crippen molar-refractivity contribution in [3.05, 3.63) is 28.8 Å². The van der Waals surface area contributed by atoms with Crippen molar-refractivity contribution in [2.24, 2.45) is 5.41 Å². The van der Waals surface area contributed by atoms with Crippen LogP contribution < -0.4 is 5.32 Å². The zero-order valence-corrected chi connectivity index (χ0v) is 11.7. The van der Waals surface area contributed by atoms with Crippen molar-refractivity contribution < 1.29 is 14.6 Å². The quantitative estimate of drug-likeness (QED) is 0.890. The molecule has 0 radical (unpaired) electrons. The standard InChI is InChI=1S/C14H18ClNO3/c1-14(4-6-19-7-5-14)9-16-10-2-3-11(13(17)18)12(15)8-10/h2-3,8,16H,4-7,9H2,1H3,(H,17,18). The van der Waals surface area contributed by atoms with Crippen molar-refractivity contribution in [2.75, 3.05) is 25.1 Å². The van der Waals surface area contributed by atoms with Gasteiger partial charge < -0.3 is 15.2 Å². The molecule has 2 rings (SSSR count). The van der Waals surface area contributed by atoms with Crippen LogP contribution in [0.2, 0.25) is 5.02 Å². The molecular formula is C14H18ClNO3. The molecule has 1 saturated heterocycles. The maximum atomic E-state index is 10.9. The van der Waals surface area contributed by atoms with Gasteiger partial charge >= 0.3 is 5.97 Å². The molecule has 1 aliphatic heterocycles. The van der Waals surface area contributed by atoms with Crippen LogP contribution >= 0.6 is 11.6 Å². The zero-order chi connectivity index (χ0) is 13.9. The van der Waals surface area contributed by atoms with Crippen molar-refractivity contribution in [1.82, 2.24) is 0 Å². The molecule has 19 heavy (non-hydrogen) atoms. The van der Waals surface area contributed by atoms with Gasteiger partial charge in [-0.2, -0.15) is 0 Å². The molecule has 0 unspecified atom stereocenters. The Morgan fingerprint density at radius 2 is 2.16 bits per heavy atom. The largest absolute Gasteiger partial charge is 0.478 e. The fourth-order valence-electron chi connectivity index (χ4n) is 2.15. The van der Waals surface area contributed by atoms with Crippen LogP contribution in [0.4, 0.5) is 5.69 Å². The molecule has 104 valence electrons. The summed E-state index contributed by atoms with van der Waals surface area (Å²) in [7, 11) is 0. The van der Waals surface area contributed by atoms with Crippen LogP contribution in [0.15, 0.2) is 18.2 Å². The summed E-state index contributed by atoms with van der Waals surface area (Å²) in [6, 6.07) is 4.94. The summed E-state index contributed by atoms with van der Waals surface area (Å²) in [5.41, 5.74) is 1.20. The van der Waals surface area contributed by atoms with Crippen molar-refractivity contribution in [2.45, 2.75) is 19.8 Å². The lowest BCUT2D eigenvalue weighted by atomic mass is 9.82. The van der Waals surface area contributed by atoms with Crippen LogP contribution in [0.3, 0.4) is 0 Å². The Morgan fingerprint density at radius 1 is 1.47 bits per heavy atom. The first-order valence-corrected chi connectivity index (χ1v) is 6.72. The Hall–Kier alpha value is -1.26. The van der Waals surface area contributed by atoms with E-state index in [0.29, 0.717) is 0 Å². The van der Waals surface area contributed by atoms with E-state index in [1.165, 1.54) is 6.07 Å². The Balaban J connectivity index is 2.00. The Labute approximate surface area is 117 Å². The summed E-state index contributed by atoms with van der Waals surface area (Å²) in [5, 5.41) is 12.5. The SMILES string of the molecule is CC1(CNc2ccc(C(=O)O)c(Cl)c2)CCOCC1. The second kappa shape index (κ2) is 5.80. The van der Waals surface area contributed by atoms with Gasteiger partial charge in [0.1, 0.15) is 0 Å². The third kappa shape index (κ3) is 3.61. The van der Waals surface area contributed by atoms with Gasteiger partial charge in [-0.25, -0.2) is 4.79 Å². The third-order valence-corrected chi connectivity index (χ3v) is 3.93. The van der Waals surface area contributed by atoms with E-state index in [-0.39, 0.29) is 16.0 Å². The number of carbonyl (C=O) groups is 1. The maximum absolute atomic E-state index is 10.9. The minimum atomic E-state index is -1.01. The van der Waals surface area contributed by atoms with Crippen molar-refractivity contribution in [3.63, 3.8) is 0 Å². The van der Waals surface area contributed by atoms with E-state index < -0.39 is 5.97 Å². The van der Waals surface area contributed by atoms with Crippen LogP contribution in [-0.4, -0.2) is 30.8 Å². The highest BCUT2D eigenvalue weighted by molar-refractivity contribution is 6.33. The van der Waals surface area contributed by atoms with Gasteiger partial charge in [-0.1, -0.05) is 18.5 Å². The number of benzene rings is 1. The second-order valence-corrected chi connectivity index (χ2v) is 5.68. The molecular weight excluding hydrogens is 266 g/mol. The van der Waals surface area contributed by atoms with Gasteiger partial charge in [0.05, 0.1) is 10.6 Å². The molecule has 0 atom stereocenters. The molecule has 1 aromatic carbocycles. The molecule has 1 aliphatic rings. The number of hydrogen-bond donors (Lipinski definition) is 2. The Morgan fingerprint density at radius 3 is 2.74 bits per heavy atom. The van der Waals surface area contributed by atoms with E-state index in [1.807, 2.05) is 0 Å². The number of ether oxygens (including phenoxy) is 1. The van der Waals surface area contributed by atoms with Crippen molar-refractivity contribution in [1.29, 1.82) is 0 Å². The first-order valence-electron chi connectivity index (χ1n) is 6.35. The predicted octanol–water partition coefficient (Wildman–Crippen LogP) is 3.27. The maximum Gasteiger partial charge on any atom is 0.337 e. The fourth-order valence-corrected chi connectivity index (χ4v) is 2.42. The number of nitrogens with one attached hydrogen (secondary N) is 1. The summed E-state index contributed by atoms with van der Waals surface area (Å²) in [4.78, 5) is 10.9. The summed E-state index contributed by atoms with van der Waals surface area (Å²) < 4.78 is 5.36. The van der Waals surface area contributed by atoms with E-state index in [4.69, 9.17) is 21.4 Å². The first-order chi connectivity index (χ1) is 9.00. The topological polar surface area (TPSA) is 58.6 Å². The second-order valence-electron chi connectivity index (χ2n) is 5.28. The van der Waals surface area contributed by atoms with Gasteiger partial charge in [0.2, 0.25) is 0 Å². The van der Waals surface area contributed by atoms with Crippen LogP contribution in [0.5, 0.6) is 0 Å². The van der Waals surface area contributed by atoms with Crippen LogP contribution in [0.1, 0.15) is 30.1 Å². The minimum absolute atomic E-state index is 0.129. The first kappa shape index (κ1) is 14.2. The van der Waals surface area contributed by atoms with Crippen LogP contribution in [0.25, 0.3) is 0 Å². The summed E-state index contributed by atoms with van der Waals surface area (Å²) in [6.07, 6.45) is 2.06. The van der Waals surface area contributed by atoms with E-state index in [0.717, 1.165) is 38.3 Å². The predicted molar refractivity (Wildman–Crippen MR) is 75.1 cm³/mol. The normalized spacial score (nSPS) is 18.0. The molecule has 0 aliphatic carbocycles. The third-order valence-electron chi connectivity index (χ3n) is 3.62. The lowest BCUT2D eigenvalue weighted by Crippen LogP contribution is -2.33. The van der Waals surface area contributed by atoms with Crippen LogP contribution in [-0.2, 0) is 4.74 Å². The number of carboxylic acid groups (broad SMARTS) is 1. The van der Waals surface area contributed by atoms with Gasteiger partial charge in [-0.05, 0) is 36.5 Å². The number of rotatable bonds is 4. The lowest BCUT2D eigenvalue weighted by Gasteiger charge is -2.34. The van der Waals surface area contributed by atoms with Gasteiger partial charge in [-0.3, -0.25) is 0 Å². The van der Waals surface area contributed by atoms with Crippen LogP contribution in [0, 0.1) is 5.41 Å². The molecule has 0 bridgehead atoms. The number of halogens is 1. The average molecular weight is 284 g/mol. The number of anilines is 1. The molecule has 0 amide bonds. The average Bonchev–Trinajstić information content (AvgIpc) is 2.37. The van der Waals surface area contributed by atoms with Gasteiger partial charge in [-0.15, -0.1) is 0 Å². The summed E-state index contributed by atoms with van der Waals surface area (Å²) in [5.74, 6) is -1.01. The molecule has 0 aromatic heterocycles. The summed E-state index contributed by atoms with van der Waals surface area (Å²) >= 11 is 5.94. The minimum Gasteiger partial charge on any atom is -0.478 e. The highest BCUT2D eigenvalue weighted by Gasteiger charge is 2.27. The Kier molecular flexibility index (Phi) is 4.32. The number of hydrogen-bond acceptors (Lipinski definition) is 3. The monoisotopic (exact) mass is 283 g/mol. The van der Waals surface area contributed by atoms with E-state index in [2.05, 4.69) is 12.2 Å². The molecule has 1 heterocycles. The van der Waals surface area contributed by atoms with Gasteiger partial charge in [0.15, 0.2) is 0 Å². The van der Waals surface area contributed by atoms with Crippen molar-refractivity contribution in [3.8, 4) is 0 Å². The van der Waals surface area contributed by atoms with E-state index in [1.54, 1.807) is 12.1 Å².